The average molecular weight is 1080 g/mol. The number of carbonyl (C=O) groups excluding carboxylic acids is 1. The predicted octanol–water partition coefficient (Wildman–Crippen LogP) is 0.641. The number of aromatic nitrogens is 4. The van der Waals surface area contributed by atoms with Crippen molar-refractivity contribution < 1.29 is 70.1 Å². The summed E-state index contributed by atoms with van der Waals surface area (Å²) in [6.45, 7) is 7.49. The summed E-state index contributed by atoms with van der Waals surface area (Å²) in [5.41, 5.74) is 3.50. The molecule has 0 radical (unpaired) electrons. The number of aliphatic hydroxyl groups excluding tert-OH is 9. The second kappa shape index (κ2) is 18.3. The normalized spacial score (nSPS) is 49.6. The van der Waals surface area contributed by atoms with Crippen molar-refractivity contribution in [1.82, 2.24) is 25.3 Å². The fourth-order valence-corrected chi connectivity index (χ4v) is 21.0. The van der Waals surface area contributed by atoms with E-state index in [0.29, 0.717) is 75.8 Å². The van der Waals surface area contributed by atoms with Crippen LogP contribution in [0.1, 0.15) is 103 Å². The van der Waals surface area contributed by atoms with Crippen LogP contribution in [0.4, 0.5) is 5.82 Å². The smallest absolute Gasteiger partial charge is 0.310 e. The van der Waals surface area contributed by atoms with Crippen LogP contribution in [0.15, 0.2) is 42.1 Å². The Kier molecular flexibility index (Phi) is 12.8. The lowest BCUT2D eigenvalue weighted by Crippen LogP contribution is -2.81. The first-order chi connectivity index (χ1) is 36.6. The number of allylic oxidation sites excluding steroid dienone is 4. The zero-order valence-electron chi connectivity index (χ0n) is 44.5. The molecule has 7 fully saturated rings. The van der Waals surface area contributed by atoms with E-state index in [9.17, 15) is 60.7 Å². The maximum atomic E-state index is 14.6. The molecule has 424 valence electrons. The first-order valence-corrected chi connectivity index (χ1v) is 28.2. The number of nitrogens with two attached hydrogens (primary N) is 1. The van der Waals surface area contributed by atoms with Gasteiger partial charge in [0.1, 0.15) is 30.4 Å². The van der Waals surface area contributed by atoms with Gasteiger partial charge in [0.2, 0.25) is 5.91 Å². The Labute approximate surface area is 447 Å². The van der Waals surface area contributed by atoms with E-state index < -0.39 is 160 Å². The fourth-order valence-electron chi connectivity index (χ4n) is 21.0. The van der Waals surface area contributed by atoms with Crippen LogP contribution >= 0.6 is 0 Å². The fraction of sp³-hybridized carbons (Fsp3) is 0.786. The Bertz CT molecular complexity index is 2690. The van der Waals surface area contributed by atoms with Gasteiger partial charge in [-0.15, -0.1) is 0 Å². The average Bonchev–Trinajstić information content (AvgIpc) is 3.98. The number of aromatic amines is 2. The number of rotatable bonds is 12. The lowest BCUT2D eigenvalue weighted by molar-refractivity contribution is -0.361. The number of carbonyl (C=O) groups is 2. The number of fused-ring (bicyclic) bond motifs is 5. The highest BCUT2D eigenvalue weighted by atomic mass is 16.7. The molecule has 2 spiro atoms. The molecule has 21 heteroatoms. The van der Waals surface area contributed by atoms with Gasteiger partial charge in [0.05, 0.1) is 67.8 Å². The molecule has 16 N–H and O–H groups in total. The Morgan fingerprint density at radius 2 is 1.75 bits per heavy atom. The zero-order valence-corrected chi connectivity index (χ0v) is 44.5. The second-order valence-electron chi connectivity index (χ2n) is 26.6. The summed E-state index contributed by atoms with van der Waals surface area (Å²) in [5, 5.41) is 123. The summed E-state index contributed by atoms with van der Waals surface area (Å²) in [7, 11) is 0. The van der Waals surface area contributed by atoms with Crippen molar-refractivity contribution in [3.8, 4) is 0 Å². The number of hydrogen-bond acceptors (Lipinski definition) is 17. The van der Waals surface area contributed by atoms with Crippen molar-refractivity contribution in [1.29, 1.82) is 0 Å². The maximum Gasteiger partial charge on any atom is 0.310 e. The van der Waals surface area contributed by atoms with Crippen molar-refractivity contribution in [2.75, 3.05) is 38.3 Å². The summed E-state index contributed by atoms with van der Waals surface area (Å²) in [6, 6.07) is -0.926. The molecule has 2 bridgehead atoms. The largest absolute Gasteiger partial charge is 0.481 e. The van der Waals surface area contributed by atoms with E-state index in [-0.39, 0.29) is 31.5 Å². The van der Waals surface area contributed by atoms with Gasteiger partial charge < -0.3 is 86.9 Å². The van der Waals surface area contributed by atoms with Gasteiger partial charge in [0, 0.05) is 71.5 Å². The highest BCUT2D eigenvalue weighted by Gasteiger charge is 2.85. The Morgan fingerprint density at radius 1 is 0.974 bits per heavy atom. The SMILES string of the molecule is C[C@]1(CO)CC[C@]2(C(=O)O)[C@@H]3CNc4nc[nH]c4C[C@H]3[C@@]34CCC5=C[C@H]([C@@H]6[C@@H]([C@@H](c7cnc[nH]7)[C@H](O)C[C@@H](N)O)NC(=O)[C@@H]6CO)[C@H]6[C@@H](O)[C@@H](O[C@@H]7OC[C@@H](O)[C@H](O)[C@H]7O)[C@@](C)(CO)[C@H]7CC[C@]3(C)[C@]5(CC=C4[C@@H]2C1)[C@@]67C. The van der Waals surface area contributed by atoms with Gasteiger partial charge in [-0.1, -0.05) is 51.0 Å². The minimum absolute atomic E-state index is 0.0834. The molecule has 12 rings (SSSR count). The van der Waals surface area contributed by atoms with Crippen LogP contribution in [-0.4, -0.2) is 171 Å². The Hall–Kier alpha value is -3.84. The van der Waals surface area contributed by atoms with E-state index in [1.54, 1.807) is 12.5 Å². The van der Waals surface area contributed by atoms with E-state index in [2.05, 4.69) is 58.5 Å². The molecule has 2 saturated heterocycles. The van der Waals surface area contributed by atoms with Gasteiger partial charge in [-0.3, -0.25) is 9.59 Å². The Morgan fingerprint density at radius 3 is 2.44 bits per heavy atom. The topological polar surface area (TPSA) is 362 Å². The number of carboxylic acids is 1. The van der Waals surface area contributed by atoms with Gasteiger partial charge in [-0.05, 0) is 104 Å². The summed E-state index contributed by atoms with van der Waals surface area (Å²) >= 11 is 0. The van der Waals surface area contributed by atoms with Crippen LogP contribution in [0, 0.1) is 85.2 Å². The summed E-state index contributed by atoms with van der Waals surface area (Å²) < 4.78 is 12.7. The molecule has 5 saturated carbocycles. The van der Waals surface area contributed by atoms with Gasteiger partial charge in [-0.2, -0.15) is 0 Å². The predicted molar refractivity (Wildman–Crippen MR) is 273 cm³/mol. The maximum absolute atomic E-state index is 14.6. The van der Waals surface area contributed by atoms with E-state index >= 15 is 0 Å². The van der Waals surface area contributed by atoms with Crippen LogP contribution in [0.3, 0.4) is 0 Å². The molecule has 0 aromatic carbocycles. The van der Waals surface area contributed by atoms with Crippen LogP contribution in [0.2, 0.25) is 0 Å². The number of nitrogens with zero attached hydrogens (tertiary/aromatic N) is 2. The molecule has 1 amide bonds. The van der Waals surface area contributed by atoms with Crippen molar-refractivity contribution in [2.45, 2.75) is 153 Å². The molecule has 25 atom stereocenters. The van der Waals surface area contributed by atoms with E-state index in [0.717, 1.165) is 16.8 Å². The van der Waals surface area contributed by atoms with Gasteiger partial charge in [-0.25, -0.2) is 9.97 Å². The number of aliphatic hydroxyl groups is 9. The quantitative estimate of drug-likeness (QED) is 0.0788. The molecule has 7 aliphatic carbocycles. The molecular weight excluding hydrogens is 995 g/mol. The first kappa shape index (κ1) is 53.8. The Balaban J connectivity index is 1.11. The van der Waals surface area contributed by atoms with Crippen molar-refractivity contribution in [2.24, 2.45) is 91.0 Å². The lowest BCUT2D eigenvalue weighted by atomic mass is 9.20. The third-order valence-corrected chi connectivity index (χ3v) is 24.0. The van der Waals surface area contributed by atoms with E-state index in [4.69, 9.17) is 20.2 Å². The first-order valence-electron chi connectivity index (χ1n) is 28.2. The molecule has 5 heterocycles. The second-order valence-corrected chi connectivity index (χ2v) is 26.6. The molecular formula is C56H81N7O14. The minimum atomic E-state index is -1.73. The highest BCUT2D eigenvalue weighted by molar-refractivity contribution is 5.82. The number of H-pyrrole nitrogens is 2. The third-order valence-electron chi connectivity index (χ3n) is 24.0. The van der Waals surface area contributed by atoms with E-state index in [1.165, 1.54) is 6.33 Å². The molecule has 3 aliphatic heterocycles. The molecule has 2 aromatic heterocycles. The number of amides is 1. The molecule has 2 aromatic rings. The van der Waals surface area contributed by atoms with E-state index in [1.807, 2.05) is 6.92 Å². The number of nitrogens with one attached hydrogen (secondary N) is 4. The van der Waals surface area contributed by atoms with Crippen molar-refractivity contribution >= 4 is 17.7 Å². The molecule has 21 nitrogen and oxygen atoms in total. The van der Waals surface area contributed by atoms with Crippen molar-refractivity contribution in [3.05, 3.63) is 53.5 Å². The highest BCUT2D eigenvalue weighted by Crippen LogP contribution is 2.88. The number of aliphatic carboxylic acids is 1. The number of imidazole rings is 2. The summed E-state index contributed by atoms with van der Waals surface area (Å²) in [5.74, 6) is -6.48. The standard InChI is InChI=1S/C56H81N7O14/c1-50(21-65)11-12-54(49(74)75)30(16-50)28-6-10-56-25-5-9-55(28,29-14-32-46(62-24-61-32)59-17-31(29)54)52(56,3)8-7-36-51(2,22-66)45(77-48-44(72)42(70)35(68)20-76-48)43(71)40(53(36,56)4)26(13-25)38-27(19-64)47(73)63-41(38)39(33-18-58-23-60-33)34(67)15-37(57)69/h6,13,18,23-24,26-27,29-31,34-45,48,59,64-72H,5,7-12,14-17,19-22,57H2,1-4H3,(H,58,60)(H,61,62)(H,63,73)(H,74,75)/t26-,27-,29-,30+,31-,34-,35-,36-,37+,38+,39+,40+,41+,42+,43-,44-,45-,48+,50+,51+,52+,53-,54-,55+,56-/m1/s1. The van der Waals surface area contributed by atoms with Gasteiger partial charge in [0.15, 0.2) is 6.29 Å². The zero-order chi connectivity index (χ0) is 54.7. The third kappa shape index (κ3) is 6.82. The van der Waals surface area contributed by atoms with Gasteiger partial charge >= 0.3 is 5.97 Å². The monoisotopic (exact) mass is 1080 g/mol. The van der Waals surface area contributed by atoms with Crippen LogP contribution < -0.4 is 16.4 Å². The number of hydrogen-bond donors (Lipinski definition) is 15. The minimum Gasteiger partial charge on any atom is -0.481 e. The lowest BCUT2D eigenvalue weighted by Gasteiger charge is -2.83. The number of anilines is 1. The van der Waals surface area contributed by atoms with Gasteiger partial charge in [0.25, 0.3) is 0 Å². The summed E-state index contributed by atoms with van der Waals surface area (Å²) in [4.78, 5) is 44.7. The summed E-state index contributed by atoms with van der Waals surface area (Å²) in [6.07, 6.45) is 1.99. The van der Waals surface area contributed by atoms with Crippen LogP contribution in [-0.2, 0) is 25.5 Å². The van der Waals surface area contributed by atoms with Crippen LogP contribution in [0.5, 0.6) is 0 Å². The number of ether oxygens (including phenoxy) is 2. The molecule has 10 aliphatic rings. The molecule has 0 unspecified atom stereocenters. The van der Waals surface area contributed by atoms with Crippen molar-refractivity contribution in [3.63, 3.8) is 0 Å². The number of carboxylic acid groups (broad SMARTS) is 1. The molecule has 77 heavy (non-hydrogen) atoms. The van der Waals surface area contributed by atoms with Crippen LogP contribution in [0.25, 0.3) is 0 Å².